The third-order valence-electron chi connectivity index (χ3n) is 2.33. The molecule has 2 aromatic rings. The Morgan fingerprint density at radius 1 is 1.35 bits per heavy atom. The second kappa shape index (κ2) is 6.44. The molecule has 0 spiro atoms. The minimum atomic E-state index is -0.898. The molecule has 2 N–H and O–H groups in total. The van der Waals surface area contributed by atoms with Gasteiger partial charge in [0.05, 0.1) is 6.42 Å². The van der Waals surface area contributed by atoms with Crippen molar-refractivity contribution in [1.82, 2.24) is 10.2 Å². The van der Waals surface area contributed by atoms with Gasteiger partial charge in [-0.1, -0.05) is 29.0 Å². The first-order valence-electron chi connectivity index (χ1n) is 5.65. The van der Waals surface area contributed by atoms with Crippen LogP contribution in [0.2, 0.25) is 5.02 Å². The number of halogens is 1. The highest BCUT2D eigenvalue weighted by Crippen LogP contribution is 2.18. The largest absolute Gasteiger partial charge is 0.481 e. The van der Waals surface area contributed by atoms with Gasteiger partial charge < -0.3 is 5.11 Å². The van der Waals surface area contributed by atoms with Crippen LogP contribution in [-0.2, 0) is 11.2 Å². The molecule has 0 fully saturated rings. The molecule has 0 saturated carbocycles. The zero-order valence-electron chi connectivity index (χ0n) is 10.2. The van der Waals surface area contributed by atoms with Crippen LogP contribution in [-0.4, -0.2) is 27.2 Å². The summed E-state index contributed by atoms with van der Waals surface area (Å²) in [6, 6.07) is 6.53. The topological polar surface area (TPSA) is 92.2 Å². The van der Waals surface area contributed by atoms with Crippen LogP contribution in [0.5, 0.6) is 0 Å². The SMILES string of the molecule is O=C(O)CCc1nnc(NC(=O)c2cccc(Cl)c2)s1. The summed E-state index contributed by atoms with van der Waals surface area (Å²) in [5, 5.41) is 20.1. The van der Waals surface area contributed by atoms with Crippen LogP contribution in [0.15, 0.2) is 24.3 Å². The van der Waals surface area contributed by atoms with Crippen molar-refractivity contribution < 1.29 is 14.7 Å². The minimum absolute atomic E-state index is 0.0170. The van der Waals surface area contributed by atoms with Gasteiger partial charge in [0.2, 0.25) is 5.13 Å². The number of carbonyl (C=O) groups excluding carboxylic acids is 1. The average molecular weight is 312 g/mol. The molecule has 1 amide bonds. The number of carbonyl (C=O) groups is 2. The molecule has 0 radical (unpaired) electrons. The molecule has 2 rings (SSSR count). The van der Waals surface area contributed by atoms with Crippen molar-refractivity contribution in [1.29, 1.82) is 0 Å². The van der Waals surface area contributed by atoms with Gasteiger partial charge in [0.15, 0.2) is 0 Å². The fourth-order valence-electron chi connectivity index (χ4n) is 1.42. The number of carboxylic acids is 1. The summed E-state index contributed by atoms with van der Waals surface area (Å²) in [6.45, 7) is 0. The van der Waals surface area contributed by atoms with E-state index in [9.17, 15) is 9.59 Å². The minimum Gasteiger partial charge on any atom is -0.481 e. The predicted molar refractivity (Wildman–Crippen MR) is 75.3 cm³/mol. The van der Waals surface area contributed by atoms with E-state index in [0.29, 0.717) is 27.1 Å². The predicted octanol–water partition coefficient (Wildman–Crippen LogP) is 2.46. The van der Waals surface area contributed by atoms with Crippen molar-refractivity contribution in [2.75, 3.05) is 5.32 Å². The van der Waals surface area contributed by atoms with Crippen molar-refractivity contribution >= 4 is 39.9 Å². The van der Waals surface area contributed by atoms with Crippen LogP contribution in [0.1, 0.15) is 21.8 Å². The number of hydrogen-bond donors (Lipinski definition) is 2. The van der Waals surface area contributed by atoms with Gasteiger partial charge in [-0.15, -0.1) is 10.2 Å². The van der Waals surface area contributed by atoms with Gasteiger partial charge in [0.25, 0.3) is 5.91 Å². The van der Waals surface area contributed by atoms with E-state index in [-0.39, 0.29) is 12.3 Å². The molecule has 1 aromatic carbocycles. The zero-order chi connectivity index (χ0) is 14.5. The Labute approximate surface area is 123 Å². The maximum absolute atomic E-state index is 11.9. The molecule has 0 aliphatic heterocycles. The maximum atomic E-state index is 11.9. The lowest BCUT2D eigenvalue weighted by molar-refractivity contribution is -0.136. The number of aliphatic carboxylic acids is 1. The molecule has 0 aliphatic carbocycles. The highest BCUT2D eigenvalue weighted by molar-refractivity contribution is 7.15. The van der Waals surface area contributed by atoms with E-state index in [0.717, 1.165) is 11.3 Å². The van der Waals surface area contributed by atoms with E-state index in [1.165, 1.54) is 0 Å². The number of aryl methyl sites for hydroxylation is 1. The third kappa shape index (κ3) is 4.01. The molecular formula is C12H10ClN3O3S. The van der Waals surface area contributed by atoms with Crippen LogP contribution in [0.4, 0.5) is 5.13 Å². The van der Waals surface area contributed by atoms with Crippen molar-refractivity contribution in [3.05, 3.63) is 39.9 Å². The standard InChI is InChI=1S/C12H10ClN3O3S/c13-8-3-1-2-7(6-8)11(19)14-12-16-15-9(20-12)4-5-10(17)18/h1-3,6H,4-5H2,(H,17,18)(H,14,16,19). The smallest absolute Gasteiger partial charge is 0.303 e. The van der Waals surface area contributed by atoms with Crippen LogP contribution in [0, 0.1) is 0 Å². The van der Waals surface area contributed by atoms with Crippen molar-refractivity contribution in [2.45, 2.75) is 12.8 Å². The Hall–Kier alpha value is -1.99. The Balaban J connectivity index is 1.99. The fraction of sp³-hybridized carbons (Fsp3) is 0.167. The molecule has 1 heterocycles. The molecule has 0 bridgehead atoms. The lowest BCUT2D eigenvalue weighted by atomic mass is 10.2. The highest BCUT2D eigenvalue weighted by atomic mass is 35.5. The van der Waals surface area contributed by atoms with Crippen LogP contribution in [0.25, 0.3) is 0 Å². The van der Waals surface area contributed by atoms with Gasteiger partial charge in [0, 0.05) is 17.0 Å². The molecule has 0 aliphatic rings. The first kappa shape index (κ1) is 14.4. The van der Waals surface area contributed by atoms with E-state index in [4.69, 9.17) is 16.7 Å². The van der Waals surface area contributed by atoms with E-state index in [2.05, 4.69) is 15.5 Å². The van der Waals surface area contributed by atoms with Crippen molar-refractivity contribution in [3.8, 4) is 0 Å². The normalized spacial score (nSPS) is 10.2. The Morgan fingerprint density at radius 2 is 2.15 bits per heavy atom. The van der Waals surface area contributed by atoms with Gasteiger partial charge in [-0.2, -0.15) is 0 Å². The van der Waals surface area contributed by atoms with E-state index in [1.54, 1.807) is 24.3 Å². The average Bonchev–Trinajstić information content (AvgIpc) is 2.84. The number of nitrogens with one attached hydrogen (secondary N) is 1. The van der Waals surface area contributed by atoms with Crippen molar-refractivity contribution in [2.24, 2.45) is 0 Å². The van der Waals surface area contributed by atoms with Crippen LogP contribution < -0.4 is 5.32 Å². The van der Waals surface area contributed by atoms with Crippen molar-refractivity contribution in [3.63, 3.8) is 0 Å². The number of nitrogens with zero attached hydrogens (tertiary/aromatic N) is 2. The second-order valence-electron chi connectivity index (χ2n) is 3.86. The molecule has 1 aromatic heterocycles. The first-order valence-corrected chi connectivity index (χ1v) is 6.85. The van der Waals surface area contributed by atoms with E-state index >= 15 is 0 Å². The highest BCUT2D eigenvalue weighted by Gasteiger charge is 2.11. The number of amides is 1. The molecule has 6 nitrogen and oxygen atoms in total. The Kier molecular flexibility index (Phi) is 4.65. The van der Waals surface area contributed by atoms with Gasteiger partial charge in [-0.25, -0.2) is 0 Å². The summed E-state index contributed by atoms with van der Waals surface area (Å²) in [5.41, 5.74) is 0.416. The molecule has 20 heavy (non-hydrogen) atoms. The second-order valence-corrected chi connectivity index (χ2v) is 5.36. The summed E-state index contributed by atoms with van der Waals surface area (Å²) in [6.07, 6.45) is 0.275. The van der Waals surface area contributed by atoms with Gasteiger partial charge in [0.1, 0.15) is 5.01 Å². The van der Waals surface area contributed by atoms with Crippen LogP contribution >= 0.6 is 22.9 Å². The lowest BCUT2D eigenvalue weighted by Crippen LogP contribution is -2.11. The van der Waals surface area contributed by atoms with Gasteiger partial charge in [-0.3, -0.25) is 14.9 Å². The fourth-order valence-corrected chi connectivity index (χ4v) is 2.34. The Bertz CT molecular complexity index is 644. The quantitative estimate of drug-likeness (QED) is 0.885. The first-order chi connectivity index (χ1) is 9.54. The number of rotatable bonds is 5. The number of aromatic nitrogens is 2. The third-order valence-corrected chi connectivity index (χ3v) is 3.46. The Morgan fingerprint density at radius 3 is 2.85 bits per heavy atom. The molecule has 0 unspecified atom stereocenters. The maximum Gasteiger partial charge on any atom is 0.303 e. The van der Waals surface area contributed by atoms with Gasteiger partial charge in [-0.05, 0) is 18.2 Å². The number of hydrogen-bond acceptors (Lipinski definition) is 5. The lowest BCUT2D eigenvalue weighted by Gasteiger charge is -2.00. The summed E-state index contributed by atoms with van der Waals surface area (Å²) >= 11 is 6.96. The number of carboxylic acid groups (broad SMARTS) is 1. The summed E-state index contributed by atoms with van der Waals surface area (Å²) in [7, 11) is 0. The summed E-state index contributed by atoms with van der Waals surface area (Å²) < 4.78 is 0. The molecule has 0 saturated heterocycles. The summed E-state index contributed by atoms with van der Waals surface area (Å²) in [4.78, 5) is 22.4. The molecule has 0 atom stereocenters. The van der Waals surface area contributed by atoms with Crippen LogP contribution in [0.3, 0.4) is 0 Å². The zero-order valence-corrected chi connectivity index (χ0v) is 11.7. The molecular weight excluding hydrogens is 302 g/mol. The summed E-state index contributed by atoms with van der Waals surface area (Å²) in [5.74, 6) is -1.24. The number of benzene rings is 1. The monoisotopic (exact) mass is 311 g/mol. The number of anilines is 1. The van der Waals surface area contributed by atoms with Gasteiger partial charge >= 0.3 is 5.97 Å². The molecule has 8 heteroatoms. The van der Waals surface area contributed by atoms with E-state index < -0.39 is 5.97 Å². The molecule has 104 valence electrons. The van der Waals surface area contributed by atoms with E-state index in [1.807, 2.05) is 0 Å².